The van der Waals surface area contributed by atoms with Crippen molar-refractivity contribution < 1.29 is 19.1 Å². The van der Waals surface area contributed by atoms with Crippen molar-refractivity contribution in [3.05, 3.63) is 101 Å². The highest BCUT2D eigenvalue weighted by atomic mass is 16.5. The number of anilines is 1. The molecule has 0 spiro atoms. The van der Waals surface area contributed by atoms with Gasteiger partial charge in [0.1, 0.15) is 24.0 Å². The van der Waals surface area contributed by atoms with Gasteiger partial charge in [-0.2, -0.15) is 5.26 Å². The van der Waals surface area contributed by atoms with E-state index in [1.54, 1.807) is 30.3 Å². The first-order chi connectivity index (χ1) is 15.1. The SMILES string of the molecule is COC(=O)c1ccc(NC(=O)/C(C#N)=C\c2cccc(OCc3ccccc3)c2)cc1. The fourth-order valence-electron chi connectivity index (χ4n) is 2.76. The van der Waals surface area contributed by atoms with E-state index in [1.807, 2.05) is 42.5 Å². The van der Waals surface area contributed by atoms with Crippen molar-refractivity contribution in [1.82, 2.24) is 0 Å². The van der Waals surface area contributed by atoms with Gasteiger partial charge in [0.25, 0.3) is 5.91 Å². The Morgan fingerprint density at radius 2 is 1.74 bits per heavy atom. The Labute approximate surface area is 180 Å². The molecule has 0 atom stereocenters. The van der Waals surface area contributed by atoms with Gasteiger partial charge in [-0.25, -0.2) is 4.79 Å². The molecule has 6 nitrogen and oxygen atoms in total. The Bertz CT molecular complexity index is 1130. The molecule has 0 bridgehead atoms. The van der Waals surface area contributed by atoms with E-state index in [0.29, 0.717) is 29.2 Å². The first kappa shape index (κ1) is 21.3. The van der Waals surface area contributed by atoms with E-state index >= 15 is 0 Å². The van der Waals surface area contributed by atoms with E-state index in [-0.39, 0.29) is 5.57 Å². The molecule has 3 aromatic carbocycles. The van der Waals surface area contributed by atoms with Crippen LogP contribution in [0.25, 0.3) is 6.08 Å². The second-order valence-electron chi connectivity index (χ2n) is 6.54. The number of carbonyl (C=O) groups excluding carboxylic acids is 2. The summed E-state index contributed by atoms with van der Waals surface area (Å²) < 4.78 is 10.4. The zero-order valence-electron chi connectivity index (χ0n) is 16.9. The normalized spacial score (nSPS) is 10.6. The summed E-state index contributed by atoms with van der Waals surface area (Å²) in [5, 5.41) is 12.1. The van der Waals surface area contributed by atoms with E-state index in [0.717, 1.165) is 5.56 Å². The van der Waals surface area contributed by atoms with Gasteiger partial charge in [-0.15, -0.1) is 0 Å². The smallest absolute Gasteiger partial charge is 0.337 e. The molecule has 6 heteroatoms. The van der Waals surface area contributed by atoms with E-state index in [2.05, 4.69) is 10.1 Å². The van der Waals surface area contributed by atoms with E-state index in [9.17, 15) is 14.9 Å². The molecule has 1 amide bonds. The molecule has 0 saturated heterocycles. The maximum absolute atomic E-state index is 12.5. The number of nitriles is 1. The van der Waals surface area contributed by atoms with Crippen molar-refractivity contribution >= 4 is 23.6 Å². The number of nitrogens with zero attached hydrogens (tertiary/aromatic N) is 1. The average molecular weight is 412 g/mol. The minimum absolute atomic E-state index is 0.0581. The number of hydrogen-bond acceptors (Lipinski definition) is 5. The standard InChI is InChI=1S/C25H20N2O4/c1-30-25(29)20-10-12-22(13-11-20)27-24(28)21(16-26)14-19-8-5-9-23(15-19)31-17-18-6-3-2-4-7-18/h2-15H,17H2,1H3,(H,27,28)/b21-14-. The summed E-state index contributed by atoms with van der Waals surface area (Å²) in [5.41, 5.74) is 2.47. The van der Waals surface area contributed by atoms with Gasteiger partial charge >= 0.3 is 5.97 Å². The summed E-state index contributed by atoms with van der Waals surface area (Å²) >= 11 is 0. The summed E-state index contributed by atoms with van der Waals surface area (Å²) in [7, 11) is 1.30. The maximum atomic E-state index is 12.5. The Kier molecular flexibility index (Phi) is 7.17. The highest BCUT2D eigenvalue weighted by Crippen LogP contribution is 2.18. The summed E-state index contributed by atoms with van der Waals surface area (Å²) in [6.45, 7) is 0.418. The average Bonchev–Trinajstić information content (AvgIpc) is 2.82. The minimum atomic E-state index is -0.552. The van der Waals surface area contributed by atoms with Crippen LogP contribution in [0, 0.1) is 11.3 Å². The number of hydrogen-bond donors (Lipinski definition) is 1. The van der Waals surface area contributed by atoms with Gasteiger partial charge in [-0.05, 0) is 53.6 Å². The summed E-state index contributed by atoms with van der Waals surface area (Å²) in [6.07, 6.45) is 1.49. The number of amides is 1. The molecule has 0 unspecified atom stereocenters. The molecule has 3 aromatic rings. The molecule has 1 N–H and O–H groups in total. The summed E-state index contributed by atoms with van der Waals surface area (Å²) in [5.74, 6) is -0.387. The Hall–Kier alpha value is -4.37. The van der Waals surface area contributed by atoms with Crippen molar-refractivity contribution in [2.45, 2.75) is 6.61 Å². The molecule has 0 aliphatic rings. The largest absolute Gasteiger partial charge is 0.489 e. The van der Waals surface area contributed by atoms with Crippen LogP contribution in [0.2, 0.25) is 0 Å². The van der Waals surface area contributed by atoms with Crippen LogP contribution < -0.4 is 10.1 Å². The fraction of sp³-hybridized carbons (Fsp3) is 0.0800. The molecule has 154 valence electrons. The van der Waals surface area contributed by atoms with Gasteiger partial charge in [0, 0.05) is 5.69 Å². The van der Waals surface area contributed by atoms with Gasteiger partial charge in [0.05, 0.1) is 12.7 Å². The highest BCUT2D eigenvalue weighted by molar-refractivity contribution is 6.09. The van der Waals surface area contributed by atoms with Crippen molar-refractivity contribution in [1.29, 1.82) is 5.26 Å². The maximum Gasteiger partial charge on any atom is 0.337 e. The zero-order valence-corrected chi connectivity index (χ0v) is 16.9. The van der Waals surface area contributed by atoms with E-state index < -0.39 is 11.9 Å². The van der Waals surface area contributed by atoms with E-state index in [4.69, 9.17) is 4.74 Å². The Morgan fingerprint density at radius 3 is 2.42 bits per heavy atom. The lowest BCUT2D eigenvalue weighted by Crippen LogP contribution is -2.13. The summed E-state index contributed by atoms with van der Waals surface area (Å²) in [6, 6.07) is 25.0. The number of ether oxygens (including phenoxy) is 2. The predicted molar refractivity (Wildman–Crippen MR) is 117 cm³/mol. The van der Waals surface area contributed by atoms with Gasteiger partial charge in [-0.3, -0.25) is 4.79 Å². The van der Waals surface area contributed by atoms with Crippen LogP contribution in [0.3, 0.4) is 0 Å². The number of benzene rings is 3. The van der Waals surface area contributed by atoms with Gasteiger partial charge in [0.15, 0.2) is 0 Å². The van der Waals surface area contributed by atoms with Crippen LogP contribution >= 0.6 is 0 Å². The molecule has 0 aliphatic heterocycles. The lowest BCUT2D eigenvalue weighted by Gasteiger charge is -2.08. The van der Waals surface area contributed by atoms with Crippen molar-refractivity contribution in [3.63, 3.8) is 0 Å². The molecule has 0 aromatic heterocycles. The number of rotatable bonds is 7. The van der Waals surface area contributed by atoms with Crippen LogP contribution in [-0.4, -0.2) is 19.0 Å². The minimum Gasteiger partial charge on any atom is -0.489 e. The van der Waals surface area contributed by atoms with Crippen LogP contribution in [0.5, 0.6) is 5.75 Å². The van der Waals surface area contributed by atoms with Crippen molar-refractivity contribution in [2.24, 2.45) is 0 Å². The quantitative estimate of drug-likeness (QED) is 0.348. The number of methoxy groups -OCH3 is 1. The fourth-order valence-corrected chi connectivity index (χ4v) is 2.76. The Morgan fingerprint density at radius 1 is 1.00 bits per heavy atom. The molecular weight excluding hydrogens is 392 g/mol. The molecule has 31 heavy (non-hydrogen) atoms. The summed E-state index contributed by atoms with van der Waals surface area (Å²) in [4.78, 5) is 24.0. The van der Waals surface area contributed by atoms with Crippen molar-refractivity contribution in [3.8, 4) is 11.8 Å². The zero-order chi connectivity index (χ0) is 22.1. The highest BCUT2D eigenvalue weighted by Gasteiger charge is 2.11. The van der Waals surface area contributed by atoms with E-state index in [1.165, 1.54) is 25.3 Å². The van der Waals surface area contributed by atoms with Crippen molar-refractivity contribution in [2.75, 3.05) is 12.4 Å². The second kappa shape index (κ2) is 10.4. The number of nitrogens with one attached hydrogen (secondary N) is 1. The van der Waals surface area contributed by atoms with Crippen LogP contribution in [-0.2, 0) is 16.1 Å². The number of carbonyl (C=O) groups is 2. The monoisotopic (exact) mass is 412 g/mol. The second-order valence-corrected chi connectivity index (χ2v) is 6.54. The van der Waals surface area contributed by atoms with Gasteiger partial charge in [0.2, 0.25) is 0 Å². The lowest BCUT2D eigenvalue weighted by molar-refractivity contribution is -0.112. The third kappa shape index (κ3) is 6.05. The first-order valence-corrected chi connectivity index (χ1v) is 9.47. The molecule has 0 saturated carbocycles. The molecule has 0 radical (unpaired) electrons. The third-order valence-electron chi connectivity index (χ3n) is 4.35. The van der Waals surface area contributed by atoms with Crippen LogP contribution in [0.4, 0.5) is 5.69 Å². The molecule has 0 heterocycles. The Balaban J connectivity index is 1.68. The van der Waals surface area contributed by atoms with Crippen LogP contribution in [0.1, 0.15) is 21.5 Å². The number of esters is 1. The topological polar surface area (TPSA) is 88.4 Å². The predicted octanol–water partition coefficient (Wildman–Crippen LogP) is 4.60. The van der Waals surface area contributed by atoms with Gasteiger partial charge in [-0.1, -0.05) is 42.5 Å². The molecule has 0 aliphatic carbocycles. The van der Waals surface area contributed by atoms with Crippen LogP contribution in [0.15, 0.2) is 84.4 Å². The molecular formula is C25H20N2O4. The molecule has 0 fully saturated rings. The first-order valence-electron chi connectivity index (χ1n) is 9.47. The molecule has 3 rings (SSSR count). The lowest BCUT2D eigenvalue weighted by atomic mass is 10.1. The van der Waals surface area contributed by atoms with Gasteiger partial charge < -0.3 is 14.8 Å². The third-order valence-corrected chi connectivity index (χ3v) is 4.35.